The van der Waals surface area contributed by atoms with Crippen molar-refractivity contribution >= 4 is 31.9 Å². The fourth-order valence-electron chi connectivity index (χ4n) is 2.52. The van der Waals surface area contributed by atoms with Crippen LogP contribution in [0.3, 0.4) is 0 Å². The Kier molecular flexibility index (Phi) is 15.4. The van der Waals surface area contributed by atoms with Gasteiger partial charge in [-0.1, -0.05) is 49.6 Å². The van der Waals surface area contributed by atoms with E-state index >= 15 is 0 Å². The molecule has 192 valence electrons. The molecular weight excluding hydrogens is 627 g/mol. The number of halogens is 2. The van der Waals surface area contributed by atoms with Crippen LogP contribution in [-0.4, -0.2) is 10.7 Å². The van der Waals surface area contributed by atoms with Crippen molar-refractivity contribution in [2.75, 3.05) is 0 Å². The fourth-order valence-corrected chi connectivity index (χ4v) is 3.04. The molecule has 0 aliphatic rings. The molecule has 0 saturated heterocycles. The standard InChI is InChI=1S/C16H10O.C12H8Br2O.C5H8O.Na.H/c1-3-13-5-9-15(10-6-13)17-16-11-7-14(4-2)8-12-16;13-9-1-5-11(6-2-9)15-12-7-3-10(14)4-8-12;1-4-5(2,3)6;;/h1-2,5-12H;1-8H;1,6H,2-3H3;;/q;;;+1;-1. The monoisotopic (exact) mass is 652 g/mol. The van der Waals surface area contributed by atoms with Crippen LogP contribution in [0.25, 0.3) is 0 Å². The summed E-state index contributed by atoms with van der Waals surface area (Å²) in [6.07, 6.45) is 15.4. The van der Waals surface area contributed by atoms with Gasteiger partial charge < -0.3 is 16.0 Å². The van der Waals surface area contributed by atoms with Crippen LogP contribution in [0.1, 0.15) is 26.4 Å². The number of aliphatic hydroxyl groups is 1. The molecule has 4 rings (SSSR count). The molecule has 0 radical (unpaired) electrons. The Bertz CT molecular complexity index is 1310. The third-order valence-electron chi connectivity index (χ3n) is 4.49. The maximum atomic E-state index is 8.59. The second-order valence-corrected chi connectivity index (χ2v) is 9.98. The molecule has 6 heteroatoms. The zero-order chi connectivity index (χ0) is 28.0. The Morgan fingerprint density at radius 2 is 0.821 bits per heavy atom. The van der Waals surface area contributed by atoms with Crippen molar-refractivity contribution in [3.8, 4) is 60.0 Å². The van der Waals surface area contributed by atoms with Crippen molar-refractivity contribution in [3.63, 3.8) is 0 Å². The molecule has 1 N–H and O–H groups in total. The molecule has 0 unspecified atom stereocenters. The minimum Gasteiger partial charge on any atom is -1.00 e. The van der Waals surface area contributed by atoms with E-state index < -0.39 is 5.60 Å². The van der Waals surface area contributed by atoms with Gasteiger partial charge in [0.1, 0.15) is 28.6 Å². The molecule has 0 spiro atoms. The predicted molar refractivity (Wildman–Crippen MR) is 163 cm³/mol. The number of hydrogen-bond acceptors (Lipinski definition) is 3. The Hall–Kier alpha value is -2.92. The molecule has 3 nitrogen and oxygen atoms in total. The second kappa shape index (κ2) is 17.6. The number of ether oxygens (including phenoxy) is 2. The van der Waals surface area contributed by atoms with E-state index in [9.17, 15) is 0 Å². The molecule has 0 amide bonds. The molecule has 0 aliphatic heterocycles. The summed E-state index contributed by atoms with van der Waals surface area (Å²) in [5.74, 6) is 10.4. The van der Waals surface area contributed by atoms with Gasteiger partial charge in [0, 0.05) is 20.1 Å². The van der Waals surface area contributed by atoms with Gasteiger partial charge in [-0.25, -0.2) is 0 Å². The third kappa shape index (κ3) is 14.2. The van der Waals surface area contributed by atoms with Crippen molar-refractivity contribution in [3.05, 3.63) is 117 Å². The zero-order valence-corrected chi connectivity index (χ0v) is 27.2. The van der Waals surface area contributed by atoms with Gasteiger partial charge >= 0.3 is 29.6 Å². The summed E-state index contributed by atoms with van der Waals surface area (Å²) < 4.78 is 13.4. The van der Waals surface area contributed by atoms with Gasteiger partial charge in [0.2, 0.25) is 0 Å². The second-order valence-electron chi connectivity index (χ2n) is 8.15. The summed E-state index contributed by atoms with van der Waals surface area (Å²) in [7, 11) is 0. The van der Waals surface area contributed by atoms with Gasteiger partial charge in [0.05, 0.1) is 0 Å². The van der Waals surface area contributed by atoms with E-state index in [1.165, 1.54) is 0 Å². The minimum atomic E-state index is -0.931. The molecular formula is C33H27Br2NaO3. The summed E-state index contributed by atoms with van der Waals surface area (Å²) >= 11 is 6.76. The molecule has 4 aromatic rings. The van der Waals surface area contributed by atoms with E-state index in [1.54, 1.807) is 13.8 Å². The Morgan fingerprint density at radius 3 is 1.03 bits per heavy atom. The van der Waals surface area contributed by atoms with Crippen LogP contribution >= 0.6 is 31.9 Å². The average Bonchev–Trinajstić information content (AvgIpc) is 2.92. The fraction of sp³-hybridized carbons (Fsp3) is 0.0909. The van der Waals surface area contributed by atoms with E-state index in [0.717, 1.165) is 43.1 Å². The molecule has 0 fully saturated rings. The van der Waals surface area contributed by atoms with Crippen molar-refractivity contribution < 1.29 is 45.6 Å². The summed E-state index contributed by atoms with van der Waals surface area (Å²) in [6.45, 7) is 3.12. The average molecular weight is 654 g/mol. The Labute approximate surface area is 272 Å². The van der Waals surface area contributed by atoms with Gasteiger partial charge in [-0.05, 0) is 111 Å². The summed E-state index contributed by atoms with van der Waals surface area (Å²) in [6, 6.07) is 30.2. The van der Waals surface area contributed by atoms with Gasteiger partial charge in [0.25, 0.3) is 0 Å². The summed E-state index contributed by atoms with van der Waals surface area (Å²) in [4.78, 5) is 0. The molecule has 0 saturated carbocycles. The van der Waals surface area contributed by atoms with Crippen molar-refractivity contribution in [1.82, 2.24) is 0 Å². The van der Waals surface area contributed by atoms with Crippen LogP contribution in [0.4, 0.5) is 0 Å². The molecule has 0 atom stereocenters. The number of terminal acetylenes is 3. The molecule has 0 heterocycles. The van der Waals surface area contributed by atoms with Gasteiger partial charge in [-0.3, -0.25) is 0 Å². The van der Waals surface area contributed by atoms with Crippen molar-refractivity contribution in [2.24, 2.45) is 0 Å². The summed E-state index contributed by atoms with van der Waals surface area (Å²) in [5.41, 5.74) is 0.736. The largest absolute Gasteiger partial charge is 1.00 e. The maximum Gasteiger partial charge on any atom is 1.00 e. The van der Waals surface area contributed by atoms with Crippen molar-refractivity contribution in [2.45, 2.75) is 19.4 Å². The van der Waals surface area contributed by atoms with Crippen LogP contribution in [0.2, 0.25) is 0 Å². The first-order chi connectivity index (χ1) is 18.1. The molecule has 0 aromatic heterocycles. The molecule has 39 heavy (non-hydrogen) atoms. The third-order valence-corrected chi connectivity index (χ3v) is 5.55. The van der Waals surface area contributed by atoms with Crippen LogP contribution in [-0.2, 0) is 0 Å². The zero-order valence-electron chi connectivity index (χ0n) is 23.0. The topological polar surface area (TPSA) is 38.7 Å². The van der Waals surface area contributed by atoms with E-state index in [-0.39, 0.29) is 31.0 Å². The molecule has 0 aliphatic carbocycles. The molecule has 4 aromatic carbocycles. The first-order valence-corrected chi connectivity index (χ1v) is 12.9. The van der Waals surface area contributed by atoms with E-state index in [2.05, 4.69) is 49.6 Å². The van der Waals surface area contributed by atoms with Crippen LogP contribution in [0.5, 0.6) is 23.0 Å². The smallest absolute Gasteiger partial charge is 1.00 e. The van der Waals surface area contributed by atoms with E-state index in [4.69, 9.17) is 33.9 Å². The Morgan fingerprint density at radius 1 is 0.590 bits per heavy atom. The number of benzene rings is 4. The van der Waals surface area contributed by atoms with E-state index in [0.29, 0.717) is 0 Å². The van der Waals surface area contributed by atoms with Gasteiger partial charge in [-0.15, -0.1) is 19.3 Å². The summed E-state index contributed by atoms with van der Waals surface area (Å²) in [5, 5.41) is 8.59. The van der Waals surface area contributed by atoms with Crippen LogP contribution < -0.4 is 39.0 Å². The molecule has 0 bridgehead atoms. The number of rotatable bonds is 4. The maximum absolute atomic E-state index is 8.59. The van der Waals surface area contributed by atoms with Gasteiger partial charge in [-0.2, -0.15) is 0 Å². The quantitative estimate of drug-likeness (QED) is 0.219. The van der Waals surface area contributed by atoms with Crippen molar-refractivity contribution in [1.29, 1.82) is 0 Å². The van der Waals surface area contributed by atoms with E-state index in [1.807, 2.05) is 97.1 Å². The Balaban J connectivity index is 0.000000612. The normalized spacial score (nSPS) is 9.38. The number of hydrogen-bond donors (Lipinski definition) is 1. The first kappa shape index (κ1) is 34.1. The minimum absolute atomic E-state index is 0. The first-order valence-electron chi connectivity index (χ1n) is 11.3. The predicted octanol–water partition coefficient (Wildman–Crippen LogP) is 5.95. The van der Waals surface area contributed by atoms with Crippen LogP contribution in [0.15, 0.2) is 106 Å². The SMILES string of the molecule is Brc1ccc(Oc2ccc(Br)cc2)cc1.C#CC(C)(C)O.C#Cc1ccc(Oc2ccc(C#C)cc2)cc1.[H-].[Na+]. The van der Waals surface area contributed by atoms with Crippen LogP contribution in [0, 0.1) is 37.0 Å². The van der Waals surface area contributed by atoms with Gasteiger partial charge in [0.15, 0.2) is 0 Å².